The van der Waals surface area contributed by atoms with Crippen LogP contribution in [-0.2, 0) is 0 Å². The first-order chi connectivity index (χ1) is 10.6. The molecule has 0 amide bonds. The van der Waals surface area contributed by atoms with E-state index in [4.69, 9.17) is 11.5 Å². The molecule has 0 aliphatic carbocycles. The van der Waals surface area contributed by atoms with Gasteiger partial charge in [-0.05, 0) is 47.5 Å². The van der Waals surface area contributed by atoms with Crippen LogP contribution in [0.4, 0.5) is 11.4 Å². The number of nitrogen functional groups attached to an aromatic ring is 2. The van der Waals surface area contributed by atoms with Gasteiger partial charge in [-0.3, -0.25) is 4.79 Å². The van der Waals surface area contributed by atoms with Crippen LogP contribution in [0.15, 0.2) is 72.8 Å². The summed E-state index contributed by atoms with van der Waals surface area (Å²) in [5.74, 6) is -0.0147. The van der Waals surface area contributed by atoms with E-state index in [0.717, 1.165) is 16.8 Å². The molecule has 0 atom stereocenters. The summed E-state index contributed by atoms with van der Waals surface area (Å²) in [6, 6.07) is 22.1. The highest BCUT2D eigenvalue weighted by molar-refractivity contribution is 6.09. The summed E-state index contributed by atoms with van der Waals surface area (Å²) in [5.41, 5.74) is 16.2. The van der Waals surface area contributed by atoms with E-state index in [1.807, 2.05) is 48.5 Å². The standard InChI is InChI=1S/C19H16N2O/c20-17-10-8-15(9-11-17)19(22)14-6-4-13(5-7-14)16-2-1-3-18(21)12-16/h1-12H,20-21H2. The molecule has 3 aromatic rings. The fourth-order valence-corrected chi connectivity index (χ4v) is 2.33. The van der Waals surface area contributed by atoms with E-state index in [9.17, 15) is 4.79 Å². The Morgan fingerprint density at radius 2 is 1.23 bits per heavy atom. The van der Waals surface area contributed by atoms with Crippen LogP contribution in [0.25, 0.3) is 11.1 Å². The highest BCUT2D eigenvalue weighted by Gasteiger charge is 2.09. The van der Waals surface area contributed by atoms with Gasteiger partial charge in [0.25, 0.3) is 0 Å². The largest absolute Gasteiger partial charge is 0.399 e. The summed E-state index contributed by atoms with van der Waals surface area (Å²) < 4.78 is 0. The highest BCUT2D eigenvalue weighted by Crippen LogP contribution is 2.22. The molecule has 3 nitrogen and oxygen atoms in total. The number of carbonyl (C=O) groups excluding carboxylic acids is 1. The topological polar surface area (TPSA) is 69.1 Å². The van der Waals surface area contributed by atoms with Crippen LogP contribution in [-0.4, -0.2) is 5.78 Å². The second-order valence-corrected chi connectivity index (χ2v) is 5.15. The molecule has 22 heavy (non-hydrogen) atoms. The summed E-state index contributed by atoms with van der Waals surface area (Å²) in [5, 5.41) is 0. The molecule has 3 heteroatoms. The maximum atomic E-state index is 12.4. The Balaban J connectivity index is 1.88. The minimum Gasteiger partial charge on any atom is -0.399 e. The zero-order chi connectivity index (χ0) is 15.5. The minimum absolute atomic E-state index is 0.0147. The zero-order valence-electron chi connectivity index (χ0n) is 12.0. The number of rotatable bonds is 3. The summed E-state index contributed by atoms with van der Waals surface area (Å²) in [7, 11) is 0. The lowest BCUT2D eigenvalue weighted by Gasteiger charge is -2.05. The third kappa shape index (κ3) is 2.83. The molecule has 0 spiro atoms. The lowest BCUT2D eigenvalue weighted by Crippen LogP contribution is -2.01. The number of ketones is 1. The van der Waals surface area contributed by atoms with E-state index in [-0.39, 0.29) is 5.78 Å². The van der Waals surface area contributed by atoms with Gasteiger partial charge in [-0.2, -0.15) is 0 Å². The van der Waals surface area contributed by atoms with E-state index < -0.39 is 0 Å². The first-order valence-electron chi connectivity index (χ1n) is 7.00. The van der Waals surface area contributed by atoms with Crippen molar-refractivity contribution in [3.05, 3.63) is 83.9 Å². The Bertz CT molecular complexity index is 806. The Morgan fingerprint density at radius 1 is 0.636 bits per heavy atom. The summed E-state index contributed by atoms with van der Waals surface area (Å²) >= 11 is 0. The summed E-state index contributed by atoms with van der Waals surface area (Å²) in [6.45, 7) is 0. The van der Waals surface area contributed by atoms with Crippen molar-refractivity contribution in [1.82, 2.24) is 0 Å². The fraction of sp³-hybridized carbons (Fsp3) is 0. The monoisotopic (exact) mass is 288 g/mol. The number of benzene rings is 3. The molecule has 0 unspecified atom stereocenters. The maximum Gasteiger partial charge on any atom is 0.193 e. The molecular formula is C19H16N2O. The molecule has 0 saturated carbocycles. The van der Waals surface area contributed by atoms with Gasteiger partial charge in [0.05, 0.1) is 0 Å². The molecule has 0 heterocycles. The lowest BCUT2D eigenvalue weighted by molar-refractivity contribution is 0.103. The van der Waals surface area contributed by atoms with Crippen LogP contribution < -0.4 is 11.5 Å². The third-order valence-corrected chi connectivity index (χ3v) is 3.54. The van der Waals surface area contributed by atoms with E-state index >= 15 is 0 Å². The van der Waals surface area contributed by atoms with Gasteiger partial charge >= 0.3 is 0 Å². The van der Waals surface area contributed by atoms with Crippen LogP contribution >= 0.6 is 0 Å². The van der Waals surface area contributed by atoms with Crippen molar-refractivity contribution in [1.29, 1.82) is 0 Å². The zero-order valence-corrected chi connectivity index (χ0v) is 12.0. The maximum absolute atomic E-state index is 12.4. The van der Waals surface area contributed by atoms with Crippen LogP contribution in [0.5, 0.6) is 0 Å². The number of anilines is 2. The normalized spacial score (nSPS) is 10.4. The SMILES string of the molecule is Nc1ccc(C(=O)c2ccc(-c3cccc(N)c3)cc2)cc1. The first-order valence-corrected chi connectivity index (χ1v) is 7.00. The Hall–Kier alpha value is -3.07. The van der Waals surface area contributed by atoms with Crippen LogP contribution in [0, 0.1) is 0 Å². The van der Waals surface area contributed by atoms with Gasteiger partial charge < -0.3 is 11.5 Å². The molecule has 108 valence electrons. The minimum atomic E-state index is -0.0147. The molecule has 0 radical (unpaired) electrons. The van der Waals surface area contributed by atoms with E-state index in [0.29, 0.717) is 16.8 Å². The first kappa shape index (κ1) is 13.9. The average Bonchev–Trinajstić information content (AvgIpc) is 2.55. The number of nitrogens with two attached hydrogens (primary N) is 2. The van der Waals surface area contributed by atoms with Gasteiger partial charge in [0.1, 0.15) is 0 Å². The van der Waals surface area contributed by atoms with Crippen molar-refractivity contribution in [2.24, 2.45) is 0 Å². The molecular weight excluding hydrogens is 272 g/mol. The molecule has 4 N–H and O–H groups in total. The number of hydrogen-bond acceptors (Lipinski definition) is 3. The van der Waals surface area contributed by atoms with E-state index in [2.05, 4.69) is 0 Å². The predicted octanol–water partition coefficient (Wildman–Crippen LogP) is 3.75. The van der Waals surface area contributed by atoms with Crippen LogP contribution in [0.1, 0.15) is 15.9 Å². The van der Waals surface area contributed by atoms with Crippen LogP contribution in [0.2, 0.25) is 0 Å². The molecule has 0 bridgehead atoms. The molecule has 0 aromatic heterocycles. The fourth-order valence-electron chi connectivity index (χ4n) is 2.33. The van der Waals surface area contributed by atoms with Crippen molar-refractivity contribution >= 4 is 17.2 Å². The Morgan fingerprint density at radius 3 is 1.82 bits per heavy atom. The van der Waals surface area contributed by atoms with Crippen LogP contribution in [0.3, 0.4) is 0 Å². The van der Waals surface area contributed by atoms with Crippen molar-refractivity contribution < 1.29 is 4.79 Å². The van der Waals surface area contributed by atoms with Gasteiger partial charge in [-0.1, -0.05) is 36.4 Å². The van der Waals surface area contributed by atoms with E-state index in [1.165, 1.54) is 0 Å². The molecule has 3 rings (SSSR count). The summed E-state index contributed by atoms with van der Waals surface area (Å²) in [4.78, 5) is 12.4. The van der Waals surface area contributed by atoms with Gasteiger partial charge in [-0.25, -0.2) is 0 Å². The second kappa shape index (κ2) is 5.74. The second-order valence-electron chi connectivity index (χ2n) is 5.15. The number of hydrogen-bond donors (Lipinski definition) is 2. The highest BCUT2D eigenvalue weighted by atomic mass is 16.1. The van der Waals surface area contributed by atoms with Gasteiger partial charge in [0.15, 0.2) is 5.78 Å². The molecule has 0 aliphatic heterocycles. The van der Waals surface area contributed by atoms with Crippen molar-refractivity contribution in [3.8, 4) is 11.1 Å². The Labute approximate surface area is 129 Å². The Kier molecular flexibility index (Phi) is 3.62. The van der Waals surface area contributed by atoms with E-state index in [1.54, 1.807) is 24.3 Å². The molecule has 0 fully saturated rings. The van der Waals surface area contributed by atoms with Crippen molar-refractivity contribution in [3.63, 3.8) is 0 Å². The third-order valence-electron chi connectivity index (χ3n) is 3.54. The lowest BCUT2D eigenvalue weighted by atomic mass is 9.99. The molecule has 3 aromatic carbocycles. The molecule has 0 aliphatic rings. The van der Waals surface area contributed by atoms with Crippen molar-refractivity contribution in [2.45, 2.75) is 0 Å². The smallest absolute Gasteiger partial charge is 0.193 e. The van der Waals surface area contributed by atoms with Gasteiger partial charge in [0.2, 0.25) is 0 Å². The van der Waals surface area contributed by atoms with Crippen molar-refractivity contribution in [2.75, 3.05) is 11.5 Å². The molecule has 0 saturated heterocycles. The van der Waals surface area contributed by atoms with Gasteiger partial charge in [0, 0.05) is 22.5 Å². The predicted molar refractivity (Wildman–Crippen MR) is 90.6 cm³/mol. The quantitative estimate of drug-likeness (QED) is 0.569. The van der Waals surface area contributed by atoms with Gasteiger partial charge in [-0.15, -0.1) is 0 Å². The average molecular weight is 288 g/mol. The summed E-state index contributed by atoms with van der Waals surface area (Å²) in [6.07, 6.45) is 0. The number of carbonyl (C=O) groups is 1.